The molecule has 0 radical (unpaired) electrons. The minimum atomic E-state index is 0.0198. The second-order valence-corrected chi connectivity index (χ2v) is 7.04. The Labute approximate surface area is 169 Å². The molecule has 1 heterocycles. The van der Waals surface area contributed by atoms with Crippen molar-refractivity contribution >= 4 is 29.0 Å². The predicted octanol–water partition coefficient (Wildman–Crippen LogP) is 4.54. The summed E-state index contributed by atoms with van der Waals surface area (Å²) < 4.78 is 1.68. The van der Waals surface area contributed by atoms with E-state index in [0.29, 0.717) is 17.0 Å². The maximum Gasteiger partial charge on any atom is 0.226 e. The third-order valence-electron chi connectivity index (χ3n) is 4.64. The molecule has 0 atom stereocenters. The molecule has 0 spiro atoms. The smallest absolute Gasteiger partial charge is 0.226 e. The first-order chi connectivity index (χ1) is 13.4. The molecule has 0 fully saturated rings. The largest absolute Gasteiger partial charge is 0.315 e. The van der Waals surface area contributed by atoms with Gasteiger partial charge in [-0.3, -0.25) is 14.3 Å². The summed E-state index contributed by atoms with van der Waals surface area (Å²) in [6, 6.07) is 14.8. The van der Waals surface area contributed by atoms with Crippen LogP contribution in [0.4, 0.5) is 5.69 Å². The van der Waals surface area contributed by atoms with Crippen molar-refractivity contribution in [2.24, 2.45) is 7.05 Å². The van der Waals surface area contributed by atoms with Crippen LogP contribution in [0.25, 0.3) is 11.1 Å². The van der Waals surface area contributed by atoms with E-state index >= 15 is 0 Å². The molecule has 28 heavy (non-hydrogen) atoms. The Morgan fingerprint density at radius 1 is 1.11 bits per heavy atom. The molecule has 144 valence electrons. The van der Waals surface area contributed by atoms with Gasteiger partial charge in [-0.2, -0.15) is 5.10 Å². The van der Waals surface area contributed by atoms with Crippen molar-refractivity contribution in [2.45, 2.75) is 19.8 Å². The highest BCUT2D eigenvalue weighted by Crippen LogP contribution is 2.31. The van der Waals surface area contributed by atoms with Gasteiger partial charge in [0.2, 0.25) is 5.91 Å². The molecule has 1 amide bonds. The van der Waals surface area contributed by atoms with Crippen LogP contribution >= 0.6 is 11.6 Å². The molecule has 0 aliphatic carbocycles. The fourth-order valence-electron chi connectivity index (χ4n) is 2.99. The highest BCUT2D eigenvalue weighted by molar-refractivity contribution is 6.33. The van der Waals surface area contributed by atoms with Gasteiger partial charge in [0.1, 0.15) is 0 Å². The van der Waals surface area contributed by atoms with E-state index in [1.807, 2.05) is 50.5 Å². The molecule has 6 heteroatoms. The van der Waals surface area contributed by atoms with Crippen LogP contribution in [0.3, 0.4) is 0 Å². The number of aryl methyl sites for hydroxylation is 1. The fraction of sp³-hybridized carbons (Fsp3) is 0.227. The SMILES string of the molecule is CCC(=O)N(C)c1ccc(-c2ccc(C(=O)Cc3ccn(C)n3)cc2)c(Cl)c1. The normalized spacial score (nSPS) is 10.7. The lowest BCUT2D eigenvalue weighted by atomic mass is 10.0. The predicted molar refractivity (Wildman–Crippen MR) is 112 cm³/mol. The molecular weight excluding hydrogens is 374 g/mol. The summed E-state index contributed by atoms with van der Waals surface area (Å²) in [6.07, 6.45) is 2.53. The number of aromatic nitrogens is 2. The third-order valence-corrected chi connectivity index (χ3v) is 4.96. The lowest BCUT2D eigenvalue weighted by Crippen LogP contribution is -2.24. The molecule has 2 aromatic carbocycles. The number of benzene rings is 2. The Morgan fingerprint density at radius 3 is 2.39 bits per heavy atom. The zero-order valence-electron chi connectivity index (χ0n) is 16.1. The average molecular weight is 396 g/mol. The molecule has 5 nitrogen and oxygen atoms in total. The van der Waals surface area contributed by atoms with Crippen LogP contribution in [0, 0.1) is 0 Å². The van der Waals surface area contributed by atoms with Gasteiger partial charge in [-0.1, -0.05) is 48.9 Å². The van der Waals surface area contributed by atoms with Gasteiger partial charge in [-0.15, -0.1) is 0 Å². The minimum absolute atomic E-state index is 0.0198. The van der Waals surface area contributed by atoms with Crippen LogP contribution in [-0.4, -0.2) is 28.5 Å². The number of nitrogens with zero attached hydrogens (tertiary/aromatic N) is 3. The first kappa shape index (κ1) is 19.8. The number of carbonyl (C=O) groups excluding carboxylic acids is 2. The highest BCUT2D eigenvalue weighted by Gasteiger charge is 2.13. The van der Waals surface area contributed by atoms with Gasteiger partial charge < -0.3 is 4.90 Å². The number of halogens is 1. The molecule has 0 bridgehead atoms. The second-order valence-electron chi connectivity index (χ2n) is 6.63. The molecule has 0 unspecified atom stereocenters. The lowest BCUT2D eigenvalue weighted by Gasteiger charge is -2.17. The van der Waals surface area contributed by atoms with E-state index in [2.05, 4.69) is 5.10 Å². The van der Waals surface area contributed by atoms with Gasteiger partial charge in [0.15, 0.2) is 5.78 Å². The molecule has 0 saturated heterocycles. The van der Waals surface area contributed by atoms with E-state index in [0.717, 1.165) is 22.5 Å². The number of Topliss-reactive ketones (excluding diaryl/α,β-unsaturated/α-hetero) is 1. The molecule has 0 saturated carbocycles. The van der Waals surface area contributed by atoms with Crippen molar-refractivity contribution < 1.29 is 9.59 Å². The summed E-state index contributed by atoms with van der Waals surface area (Å²) in [5.74, 6) is 0.0472. The summed E-state index contributed by atoms with van der Waals surface area (Å²) in [6.45, 7) is 1.82. The maximum absolute atomic E-state index is 12.4. The van der Waals surface area contributed by atoms with Crippen LogP contribution in [0.5, 0.6) is 0 Å². The van der Waals surface area contributed by atoms with Gasteiger partial charge >= 0.3 is 0 Å². The van der Waals surface area contributed by atoms with Crippen LogP contribution in [0.15, 0.2) is 54.7 Å². The fourth-order valence-corrected chi connectivity index (χ4v) is 3.27. The Morgan fingerprint density at radius 2 is 1.82 bits per heavy atom. The topological polar surface area (TPSA) is 55.2 Å². The zero-order valence-corrected chi connectivity index (χ0v) is 16.9. The van der Waals surface area contributed by atoms with Gasteiger partial charge in [0.05, 0.1) is 17.1 Å². The standard InChI is InChI=1S/C22H22ClN3O2/c1-4-22(28)26(3)18-9-10-19(20(23)14-18)15-5-7-16(8-6-15)21(27)13-17-11-12-25(2)24-17/h5-12,14H,4,13H2,1-3H3. The van der Waals surface area contributed by atoms with E-state index in [1.54, 1.807) is 34.8 Å². The average Bonchev–Trinajstić information content (AvgIpc) is 3.11. The molecule has 3 aromatic rings. The van der Waals surface area contributed by atoms with Crippen molar-refractivity contribution in [3.8, 4) is 11.1 Å². The summed E-state index contributed by atoms with van der Waals surface area (Å²) in [5.41, 5.74) is 3.90. The molecule has 0 aliphatic heterocycles. The molecular formula is C22H22ClN3O2. The highest BCUT2D eigenvalue weighted by atomic mass is 35.5. The van der Waals surface area contributed by atoms with E-state index in [-0.39, 0.29) is 18.1 Å². The number of hydrogen-bond donors (Lipinski definition) is 0. The van der Waals surface area contributed by atoms with Crippen LogP contribution < -0.4 is 4.90 Å². The Kier molecular flexibility index (Phi) is 5.95. The monoisotopic (exact) mass is 395 g/mol. The van der Waals surface area contributed by atoms with Crippen molar-refractivity contribution in [1.82, 2.24) is 9.78 Å². The van der Waals surface area contributed by atoms with Crippen LogP contribution in [-0.2, 0) is 18.3 Å². The number of hydrogen-bond acceptors (Lipinski definition) is 3. The number of anilines is 1. The Balaban J connectivity index is 1.77. The van der Waals surface area contributed by atoms with Crippen molar-refractivity contribution in [3.05, 3.63) is 71.0 Å². The molecule has 0 N–H and O–H groups in total. The van der Waals surface area contributed by atoms with Crippen LogP contribution in [0.2, 0.25) is 5.02 Å². The van der Waals surface area contributed by atoms with E-state index in [4.69, 9.17) is 11.6 Å². The van der Waals surface area contributed by atoms with E-state index < -0.39 is 0 Å². The summed E-state index contributed by atoms with van der Waals surface area (Å²) in [5, 5.41) is 4.80. The van der Waals surface area contributed by atoms with E-state index in [9.17, 15) is 9.59 Å². The molecule has 1 aromatic heterocycles. The second kappa shape index (κ2) is 8.40. The summed E-state index contributed by atoms with van der Waals surface area (Å²) in [7, 11) is 3.56. The minimum Gasteiger partial charge on any atom is -0.315 e. The first-order valence-corrected chi connectivity index (χ1v) is 9.45. The van der Waals surface area contributed by atoms with Gasteiger partial charge in [-0.25, -0.2) is 0 Å². The first-order valence-electron chi connectivity index (χ1n) is 9.07. The maximum atomic E-state index is 12.4. The van der Waals surface area contributed by atoms with Crippen molar-refractivity contribution in [2.75, 3.05) is 11.9 Å². The summed E-state index contributed by atoms with van der Waals surface area (Å²) in [4.78, 5) is 25.9. The number of amides is 1. The van der Waals surface area contributed by atoms with E-state index in [1.165, 1.54) is 0 Å². The van der Waals surface area contributed by atoms with Crippen molar-refractivity contribution in [3.63, 3.8) is 0 Å². The number of ketones is 1. The number of carbonyl (C=O) groups is 2. The van der Waals surface area contributed by atoms with Gasteiger partial charge in [-0.05, 0) is 23.8 Å². The Hall–Kier alpha value is -2.92. The van der Waals surface area contributed by atoms with Crippen LogP contribution in [0.1, 0.15) is 29.4 Å². The Bertz CT molecular complexity index is 1010. The molecule has 0 aliphatic rings. The third kappa shape index (κ3) is 4.31. The number of rotatable bonds is 6. The quantitative estimate of drug-likeness (QED) is 0.576. The molecule has 3 rings (SSSR count). The van der Waals surface area contributed by atoms with Gasteiger partial charge in [0.25, 0.3) is 0 Å². The summed E-state index contributed by atoms with van der Waals surface area (Å²) >= 11 is 6.45. The lowest BCUT2D eigenvalue weighted by molar-refractivity contribution is -0.118. The van der Waals surface area contributed by atoms with Crippen molar-refractivity contribution in [1.29, 1.82) is 0 Å². The van der Waals surface area contributed by atoms with Gasteiger partial charge in [0, 0.05) is 43.5 Å². The zero-order chi connectivity index (χ0) is 20.3.